The summed E-state index contributed by atoms with van der Waals surface area (Å²) in [4.78, 5) is 4.27. The molecule has 0 unspecified atom stereocenters. The van der Waals surface area contributed by atoms with Crippen molar-refractivity contribution < 1.29 is 17.6 Å². The molecule has 4 nitrogen and oxygen atoms in total. The molecule has 6 heteroatoms. The molecule has 0 radical (unpaired) electrons. The smallest absolute Gasteiger partial charge is 0.159 e. The first-order valence-corrected chi connectivity index (χ1v) is 23.8. The summed E-state index contributed by atoms with van der Waals surface area (Å²) in [6.45, 7) is 0. The van der Waals surface area contributed by atoms with Crippen molar-refractivity contribution in [1.82, 2.24) is 0 Å². The second kappa shape index (κ2) is 15.9. The van der Waals surface area contributed by atoms with Crippen LogP contribution in [-0.4, -0.2) is 0 Å². The van der Waals surface area contributed by atoms with Gasteiger partial charge >= 0.3 is 0 Å². The molecule has 14 rings (SSSR count). The van der Waals surface area contributed by atoms with Crippen molar-refractivity contribution in [1.29, 1.82) is 0 Å². The summed E-state index contributed by atoms with van der Waals surface area (Å²) >= 11 is 0. The molecule has 1 aliphatic rings. The van der Waals surface area contributed by atoms with E-state index in [-0.39, 0.29) is 11.6 Å². The Hall–Kier alpha value is -9.26. The topological polar surface area (TPSA) is 32.8 Å². The van der Waals surface area contributed by atoms with E-state index >= 15 is 8.78 Å². The minimum atomic E-state index is -0.903. The molecule has 13 aromatic rings. The van der Waals surface area contributed by atoms with Gasteiger partial charge in [0.1, 0.15) is 22.8 Å². The highest BCUT2D eigenvalue weighted by atomic mass is 19.1. The lowest BCUT2D eigenvalue weighted by atomic mass is 9.67. The third kappa shape index (κ3) is 6.14. The molecular formula is C65H40F2N2O2. The molecule has 0 spiro atoms. The fraction of sp³-hybridized carbons (Fsp3) is 0.0154. The highest BCUT2D eigenvalue weighted by molar-refractivity contribution is 6.15. The van der Waals surface area contributed by atoms with Crippen LogP contribution in [0, 0.1) is 11.6 Å². The SMILES string of the molecule is Fc1cccc(N(c2ccc3c(c2)C(c2ccccc2)(c2ccccc2)c2cc(N(c4cccc(F)c4)c4cccc5c4oc4ccccc45)c4ccccc4c2-3)c2cccc3c2oc2ccccc23)c1. The fourth-order valence-corrected chi connectivity index (χ4v) is 11.5. The summed E-state index contributed by atoms with van der Waals surface area (Å²) in [7, 11) is 0. The normalized spacial score (nSPS) is 12.8. The third-order valence-corrected chi connectivity index (χ3v) is 14.4. The van der Waals surface area contributed by atoms with E-state index in [4.69, 9.17) is 8.83 Å². The summed E-state index contributed by atoms with van der Waals surface area (Å²) in [5, 5.41) is 5.96. The van der Waals surface area contributed by atoms with Gasteiger partial charge in [-0.1, -0.05) is 164 Å². The Morgan fingerprint density at radius 1 is 0.324 bits per heavy atom. The van der Waals surface area contributed by atoms with Crippen LogP contribution in [0.15, 0.2) is 251 Å². The third-order valence-electron chi connectivity index (χ3n) is 14.4. The number of nitrogens with zero attached hydrogens (tertiary/aromatic N) is 2. The number of furan rings is 2. The van der Waals surface area contributed by atoms with Crippen molar-refractivity contribution in [2.24, 2.45) is 0 Å². The first kappa shape index (κ1) is 40.8. The van der Waals surface area contributed by atoms with Crippen molar-refractivity contribution in [3.63, 3.8) is 0 Å². The molecule has 0 aliphatic heterocycles. The first-order valence-electron chi connectivity index (χ1n) is 23.8. The average Bonchev–Trinajstić information content (AvgIpc) is 4.09. The van der Waals surface area contributed by atoms with Crippen molar-refractivity contribution in [3.8, 4) is 11.1 Å². The molecular weight excluding hydrogens is 879 g/mol. The number of halogens is 2. The van der Waals surface area contributed by atoms with Gasteiger partial charge in [-0.3, -0.25) is 0 Å². The number of hydrogen-bond acceptors (Lipinski definition) is 4. The highest BCUT2D eigenvalue weighted by Crippen LogP contribution is 2.61. The number of para-hydroxylation sites is 4. The molecule has 11 aromatic carbocycles. The van der Waals surface area contributed by atoms with Crippen LogP contribution in [0.1, 0.15) is 22.3 Å². The van der Waals surface area contributed by atoms with Gasteiger partial charge in [0.25, 0.3) is 0 Å². The number of fused-ring (bicyclic) bond motifs is 11. The monoisotopic (exact) mass is 918 g/mol. The van der Waals surface area contributed by atoms with Crippen LogP contribution in [0.25, 0.3) is 65.8 Å². The Bertz CT molecular complexity index is 4200. The maximum absolute atomic E-state index is 15.7. The van der Waals surface area contributed by atoms with E-state index in [2.05, 4.69) is 149 Å². The molecule has 0 atom stereocenters. The quantitative estimate of drug-likeness (QED) is 0.152. The Morgan fingerprint density at radius 3 is 1.37 bits per heavy atom. The van der Waals surface area contributed by atoms with Gasteiger partial charge in [0, 0.05) is 44.0 Å². The summed E-state index contributed by atoms with van der Waals surface area (Å²) in [6.07, 6.45) is 0. The predicted molar refractivity (Wildman–Crippen MR) is 285 cm³/mol. The Morgan fingerprint density at radius 2 is 0.789 bits per heavy atom. The lowest BCUT2D eigenvalue weighted by molar-refractivity contribution is 0.627. The van der Waals surface area contributed by atoms with Gasteiger partial charge < -0.3 is 18.6 Å². The lowest BCUT2D eigenvalue weighted by Crippen LogP contribution is -2.29. The van der Waals surface area contributed by atoms with E-state index in [0.29, 0.717) is 22.5 Å². The number of benzene rings is 11. The molecule has 2 aromatic heterocycles. The summed E-state index contributed by atoms with van der Waals surface area (Å²) in [6, 6.07) is 80.9. The van der Waals surface area contributed by atoms with Crippen LogP contribution in [0.2, 0.25) is 0 Å². The second-order valence-corrected chi connectivity index (χ2v) is 18.2. The van der Waals surface area contributed by atoms with E-state index in [1.807, 2.05) is 66.7 Å². The molecule has 1 aliphatic carbocycles. The zero-order valence-corrected chi connectivity index (χ0v) is 38.1. The Labute approximate surface area is 407 Å². The fourth-order valence-electron chi connectivity index (χ4n) is 11.5. The molecule has 0 saturated carbocycles. The average molecular weight is 919 g/mol. The van der Waals surface area contributed by atoms with E-state index in [1.165, 1.54) is 12.1 Å². The van der Waals surface area contributed by atoms with Gasteiger partial charge in [0.15, 0.2) is 11.2 Å². The zero-order chi connectivity index (χ0) is 47.2. The van der Waals surface area contributed by atoms with E-state index in [9.17, 15) is 0 Å². The minimum Gasteiger partial charge on any atom is -0.454 e. The van der Waals surface area contributed by atoms with Gasteiger partial charge in [-0.2, -0.15) is 0 Å². The second-order valence-electron chi connectivity index (χ2n) is 18.2. The maximum Gasteiger partial charge on any atom is 0.159 e. The first-order chi connectivity index (χ1) is 35.0. The largest absolute Gasteiger partial charge is 0.454 e. The molecule has 0 N–H and O–H groups in total. The summed E-state index contributed by atoms with van der Waals surface area (Å²) < 4.78 is 44.8. The van der Waals surface area contributed by atoms with Gasteiger partial charge in [0.05, 0.1) is 22.5 Å². The van der Waals surface area contributed by atoms with Gasteiger partial charge in [-0.05, 0) is 118 Å². The highest BCUT2D eigenvalue weighted by Gasteiger charge is 2.48. The summed E-state index contributed by atoms with van der Waals surface area (Å²) in [5.74, 6) is -0.695. The van der Waals surface area contributed by atoms with E-state index in [1.54, 1.807) is 24.3 Å². The van der Waals surface area contributed by atoms with Crippen molar-refractivity contribution in [2.45, 2.75) is 5.41 Å². The number of hydrogen-bond donors (Lipinski definition) is 0. The number of rotatable bonds is 8. The predicted octanol–water partition coefficient (Wildman–Crippen LogP) is 18.2. The van der Waals surface area contributed by atoms with Crippen LogP contribution in [0.5, 0.6) is 0 Å². The molecule has 0 fully saturated rings. The Balaban J connectivity index is 1.10. The molecule has 0 amide bonds. The van der Waals surface area contributed by atoms with Crippen LogP contribution in [-0.2, 0) is 5.41 Å². The standard InChI is InChI=1S/C65H40F2N2O2/c66-43-21-13-23-45(37-43)68(57-31-15-29-52-49-26-9-11-33-60(49)70-63(52)57)47-35-36-54-55(39-47)65(41-17-3-1-4-18-41,42-19-5-2-6-20-42)56-40-59(48-25-7-8-28-51(48)62(54)56)69(46-24-14-22-44(67)38-46)58-32-16-30-53-50-27-10-12-34-61(50)71-64(53)58/h1-40H. The minimum absolute atomic E-state index is 0.346. The lowest BCUT2D eigenvalue weighted by Gasteiger charge is -2.36. The van der Waals surface area contributed by atoms with Crippen molar-refractivity contribution in [3.05, 3.63) is 277 Å². The van der Waals surface area contributed by atoms with Crippen molar-refractivity contribution in [2.75, 3.05) is 9.80 Å². The number of anilines is 6. The summed E-state index contributed by atoms with van der Waals surface area (Å²) in [5.41, 5.74) is 13.0. The van der Waals surface area contributed by atoms with Gasteiger partial charge in [-0.15, -0.1) is 0 Å². The van der Waals surface area contributed by atoms with E-state index in [0.717, 1.165) is 99.6 Å². The molecule has 0 saturated heterocycles. The molecule has 336 valence electrons. The molecule has 2 heterocycles. The van der Waals surface area contributed by atoms with E-state index < -0.39 is 5.41 Å². The molecule has 0 bridgehead atoms. The van der Waals surface area contributed by atoms with Gasteiger partial charge in [0.2, 0.25) is 0 Å². The van der Waals surface area contributed by atoms with Crippen LogP contribution in [0.4, 0.5) is 42.9 Å². The maximum atomic E-state index is 15.7. The van der Waals surface area contributed by atoms with Crippen molar-refractivity contribution >= 4 is 88.8 Å². The Kier molecular flexibility index (Phi) is 9.14. The van der Waals surface area contributed by atoms with Crippen LogP contribution < -0.4 is 9.80 Å². The zero-order valence-electron chi connectivity index (χ0n) is 38.1. The molecule has 71 heavy (non-hydrogen) atoms. The van der Waals surface area contributed by atoms with Gasteiger partial charge in [-0.25, -0.2) is 8.78 Å². The van der Waals surface area contributed by atoms with Crippen LogP contribution >= 0.6 is 0 Å². The van der Waals surface area contributed by atoms with Crippen LogP contribution in [0.3, 0.4) is 0 Å².